The SMILES string of the molecule is O=C(O)CC1CN(S(=O)(=O)c2ccc3c(c2)COCC3)CCO1. The number of hydrogen-bond donors (Lipinski definition) is 1. The van der Waals surface area contributed by atoms with Gasteiger partial charge in [0.25, 0.3) is 0 Å². The van der Waals surface area contributed by atoms with Gasteiger partial charge in [-0.1, -0.05) is 6.07 Å². The maximum absolute atomic E-state index is 12.8. The van der Waals surface area contributed by atoms with E-state index in [9.17, 15) is 13.2 Å². The Labute approximate surface area is 134 Å². The van der Waals surface area contributed by atoms with Crippen LogP contribution in [0.5, 0.6) is 0 Å². The maximum Gasteiger partial charge on any atom is 0.306 e. The Morgan fingerprint density at radius 2 is 2.13 bits per heavy atom. The van der Waals surface area contributed by atoms with Crippen LogP contribution in [-0.2, 0) is 37.3 Å². The molecule has 0 bridgehead atoms. The molecule has 1 unspecified atom stereocenters. The number of aliphatic carboxylic acids is 1. The fourth-order valence-electron chi connectivity index (χ4n) is 2.88. The molecule has 8 heteroatoms. The van der Waals surface area contributed by atoms with Crippen LogP contribution in [0, 0.1) is 0 Å². The highest BCUT2D eigenvalue weighted by Gasteiger charge is 2.32. The average molecular weight is 341 g/mol. The fraction of sp³-hybridized carbons (Fsp3) is 0.533. The largest absolute Gasteiger partial charge is 0.481 e. The molecule has 23 heavy (non-hydrogen) atoms. The number of benzene rings is 1. The van der Waals surface area contributed by atoms with Gasteiger partial charge in [0.05, 0.1) is 37.2 Å². The molecule has 126 valence electrons. The van der Waals surface area contributed by atoms with Gasteiger partial charge in [0, 0.05) is 13.1 Å². The number of carboxylic acid groups (broad SMARTS) is 1. The smallest absolute Gasteiger partial charge is 0.306 e. The summed E-state index contributed by atoms with van der Waals surface area (Å²) in [5, 5.41) is 8.84. The zero-order chi connectivity index (χ0) is 16.4. The fourth-order valence-corrected chi connectivity index (χ4v) is 4.39. The van der Waals surface area contributed by atoms with E-state index < -0.39 is 22.1 Å². The highest BCUT2D eigenvalue weighted by molar-refractivity contribution is 7.89. The zero-order valence-corrected chi connectivity index (χ0v) is 13.4. The molecular weight excluding hydrogens is 322 g/mol. The Morgan fingerprint density at radius 1 is 1.30 bits per heavy atom. The number of nitrogens with zero attached hydrogens (tertiary/aromatic N) is 1. The number of rotatable bonds is 4. The summed E-state index contributed by atoms with van der Waals surface area (Å²) in [5.74, 6) is -1.000. The van der Waals surface area contributed by atoms with Gasteiger partial charge in [0.1, 0.15) is 0 Å². The van der Waals surface area contributed by atoms with Crippen LogP contribution >= 0.6 is 0 Å². The molecule has 0 saturated carbocycles. The number of fused-ring (bicyclic) bond motifs is 1. The molecular formula is C15H19NO6S. The first-order valence-electron chi connectivity index (χ1n) is 7.50. The van der Waals surface area contributed by atoms with Crippen molar-refractivity contribution in [2.24, 2.45) is 0 Å². The van der Waals surface area contributed by atoms with E-state index in [1.54, 1.807) is 12.1 Å². The van der Waals surface area contributed by atoms with Crippen LogP contribution in [0.1, 0.15) is 17.5 Å². The monoisotopic (exact) mass is 341 g/mol. The lowest BCUT2D eigenvalue weighted by molar-refractivity contribution is -0.141. The molecule has 0 spiro atoms. The van der Waals surface area contributed by atoms with E-state index in [1.807, 2.05) is 6.07 Å². The highest BCUT2D eigenvalue weighted by Crippen LogP contribution is 2.24. The molecule has 7 nitrogen and oxygen atoms in total. The van der Waals surface area contributed by atoms with Crippen molar-refractivity contribution in [3.63, 3.8) is 0 Å². The number of carboxylic acids is 1. The van der Waals surface area contributed by atoms with Crippen molar-refractivity contribution in [3.8, 4) is 0 Å². The Hall–Kier alpha value is -1.48. The van der Waals surface area contributed by atoms with Crippen LogP contribution in [0.4, 0.5) is 0 Å². The van der Waals surface area contributed by atoms with Gasteiger partial charge < -0.3 is 14.6 Å². The molecule has 1 fully saturated rings. The Balaban J connectivity index is 1.82. The third-order valence-electron chi connectivity index (χ3n) is 4.09. The lowest BCUT2D eigenvalue weighted by Gasteiger charge is -2.31. The topological polar surface area (TPSA) is 93.1 Å². The quantitative estimate of drug-likeness (QED) is 0.863. The van der Waals surface area contributed by atoms with Crippen molar-refractivity contribution < 1.29 is 27.8 Å². The second kappa shape index (κ2) is 6.56. The van der Waals surface area contributed by atoms with Gasteiger partial charge in [0.2, 0.25) is 10.0 Å². The number of hydrogen-bond acceptors (Lipinski definition) is 5. The van der Waals surface area contributed by atoms with Crippen molar-refractivity contribution in [1.82, 2.24) is 4.31 Å². The third kappa shape index (κ3) is 3.55. The van der Waals surface area contributed by atoms with Crippen LogP contribution < -0.4 is 0 Å². The number of sulfonamides is 1. The molecule has 0 amide bonds. The van der Waals surface area contributed by atoms with Gasteiger partial charge in [-0.15, -0.1) is 0 Å². The molecule has 2 aliphatic rings. The minimum Gasteiger partial charge on any atom is -0.481 e. The van der Waals surface area contributed by atoms with E-state index in [-0.39, 0.29) is 31.0 Å². The van der Waals surface area contributed by atoms with Crippen molar-refractivity contribution in [3.05, 3.63) is 29.3 Å². The van der Waals surface area contributed by atoms with E-state index in [1.165, 1.54) is 4.31 Å². The molecule has 1 N–H and O–H groups in total. The molecule has 1 aromatic carbocycles. The summed E-state index contributed by atoms with van der Waals surface area (Å²) < 4.78 is 37.6. The summed E-state index contributed by atoms with van der Waals surface area (Å²) in [6.45, 7) is 1.56. The summed E-state index contributed by atoms with van der Waals surface area (Å²) in [7, 11) is -3.66. The summed E-state index contributed by atoms with van der Waals surface area (Å²) in [6, 6.07) is 5.10. The normalized spacial score (nSPS) is 22.5. The van der Waals surface area contributed by atoms with E-state index in [2.05, 4.69) is 0 Å². The van der Waals surface area contributed by atoms with Crippen LogP contribution in [0.15, 0.2) is 23.1 Å². The van der Waals surface area contributed by atoms with Crippen LogP contribution in [0.25, 0.3) is 0 Å². The van der Waals surface area contributed by atoms with Crippen molar-refractivity contribution in [2.45, 2.75) is 30.4 Å². The van der Waals surface area contributed by atoms with Gasteiger partial charge in [-0.2, -0.15) is 4.31 Å². The molecule has 1 aromatic rings. The first-order chi connectivity index (χ1) is 11.0. The van der Waals surface area contributed by atoms with Crippen LogP contribution in [0.2, 0.25) is 0 Å². The van der Waals surface area contributed by atoms with E-state index in [0.29, 0.717) is 13.2 Å². The Morgan fingerprint density at radius 3 is 2.91 bits per heavy atom. The van der Waals surface area contributed by atoms with Crippen LogP contribution in [0.3, 0.4) is 0 Å². The van der Waals surface area contributed by atoms with E-state index >= 15 is 0 Å². The van der Waals surface area contributed by atoms with Gasteiger partial charge in [-0.05, 0) is 29.7 Å². The second-order valence-corrected chi connectivity index (χ2v) is 7.62. The number of carbonyl (C=O) groups is 1. The standard InChI is InChI=1S/C15H19NO6S/c17-15(18)8-13-9-16(4-6-22-13)23(19,20)14-2-1-11-3-5-21-10-12(11)7-14/h1-2,7,13H,3-6,8-10H2,(H,17,18). The van der Waals surface area contributed by atoms with Crippen molar-refractivity contribution >= 4 is 16.0 Å². The molecule has 3 rings (SSSR count). The third-order valence-corrected chi connectivity index (χ3v) is 5.95. The predicted molar refractivity (Wildman–Crippen MR) is 80.6 cm³/mol. The first-order valence-corrected chi connectivity index (χ1v) is 8.94. The lowest BCUT2D eigenvalue weighted by atomic mass is 10.0. The Kier molecular flexibility index (Phi) is 4.67. The molecule has 1 atom stereocenters. The second-order valence-electron chi connectivity index (χ2n) is 5.69. The summed E-state index contributed by atoms with van der Waals surface area (Å²) in [5.41, 5.74) is 2.01. The van der Waals surface area contributed by atoms with Gasteiger partial charge in [-0.3, -0.25) is 4.79 Å². The molecule has 0 radical (unpaired) electrons. The maximum atomic E-state index is 12.8. The molecule has 0 aliphatic carbocycles. The number of ether oxygens (including phenoxy) is 2. The van der Waals surface area contributed by atoms with Gasteiger partial charge in [-0.25, -0.2) is 8.42 Å². The minimum atomic E-state index is -3.66. The summed E-state index contributed by atoms with van der Waals surface area (Å²) >= 11 is 0. The predicted octanol–water partition coefficient (Wildman–Crippen LogP) is 0.623. The average Bonchev–Trinajstić information content (AvgIpc) is 2.54. The Bertz CT molecular complexity index is 702. The molecule has 0 aromatic heterocycles. The van der Waals surface area contributed by atoms with Crippen molar-refractivity contribution in [1.29, 1.82) is 0 Å². The van der Waals surface area contributed by atoms with Crippen molar-refractivity contribution in [2.75, 3.05) is 26.3 Å². The van der Waals surface area contributed by atoms with E-state index in [0.717, 1.165) is 17.5 Å². The first kappa shape index (κ1) is 16.4. The molecule has 2 heterocycles. The van der Waals surface area contributed by atoms with Gasteiger partial charge in [0.15, 0.2) is 0 Å². The minimum absolute atomic E-state index is 0.0578. The molecule has 1 saturated heterocycles. The lowest BCUT2D eigenvalue weighted by Crippen LogP contribution is -2.46. The van der Waals surface area contributed by atoms with Crippen LogP contribution in [-0.4, -0.2) is 56.2 Å². The number of morpholine rings is 1. The van der Waals surface area contributed by atoms with Gasteiger partial charge >= 0.3 is 5.97 Å². The highest BCUT2D eigenvalue weighted by atomic mass is 32.2. The summed E-state index contributed by atoms with van der Waals surface area (Å²) in [6.07, 6.45) is -0.0326. The summed E-state index contributed by atoms with van der Waals surface area (Å²) in [4.78, 5) is 11.0. The zero-order valence-electron chi connectivity index (χ0n) is 12.6. The molecule has 2 aliphatic heterocycles. The van der Waals surface area contributed by atoms with E-state index in [4.69, 9.17) is 14.6 Å².